The van der Waals surface area contributed by atoms with Crippen molar-refractivity contribution < 1.29 is 4.21 Å². The average molecular weight is 273 g/mol. The van der Waals surface area contributed by atoms with Crippen LogP contribution in [0.3, 0.4) is 0 Å². The average Bonchev–Trinajstić information content (AvgIpc) is 2.45. The van der Waals surface area contributed by atoms with E-state index in [-0.39, 0.29) is 5.25 Å². The van der Waals surface area contributed by atoms with Gasteiger partial charge < -0.3 is 5.73 Å². The van der Waals surface area contributed by atoms with Gasteiger partial charge in [-0.15, -0.1) is 0 Å². The van der Waals surface area contributed by atoms with Crippen molar-refractivity contribution in [3.8, 4) is 0 Å². The predicted molar refractivity (Wildman–Crippen MR) is 80.4 cm³/mol. The van der Waals surface area contributed by atoms with Gasteiger partial charge in [-0.1, -0.05) is 42.5 Å². The zero-order valence-electron chi connectivity index (χ0n) is 11.1. The molecule has 0 heterocycles. The van der Waals surface area contributed by atoms with E-state index in [1.54, 1.807) is 0 Å². The van der Waals surface area contributed by atoms with E-state index in [1.165, 1.54) is 0 Å². The smallest absolute Gasteiger partial charge is 0.0655 e. The minimum Gasteiger partial charge on any atom is -0.330 e. The van der Waals surface area contributed by atoms with E-state index in [4.69, 9.17) is 5.73 Å². The molecule has 2 aromatic rings. The van der Waals surface area contributed by atoms with E-state index in [9.17, 15) is 4.21 Å². The molecule has 2 nitrogen and oxygen atoms in total. The normalized spacial score (nSPS) is 14.0. The first kappa shape index (κ1) is 14.0. The van der Waals surface area contributed by atoms with Crippen LogP contribution in [0.5, 0.6) is 0 Å². The fraction of sp³-hybridized carbons (Fsp3) is 0.250. The molecule has 2 atom stereocenters. The van der Waals surface area contributed by atoms with Crippen LogP contribution in [0.4, 0.5) is 0 Å². The van der Waals surface area contributed by atoms with Gasteiger partial charge >= 0.3 is 0 Å². The highest BCUT2D eigenvalue weighted by atomic mass is 32.2. The molecule has 0 aliphatic heterocycles. The highest BCUT2D eigenvalue weighted by Gasteiger charge is 2.19. The molecule has 100 valence electrons. The summed E-state index contributed by atoms with van der Waals surface area (Å²) in [6.07, 6.45) is 0.727. The molecule has 0 radical (unpaired) electrons. The summed E-state index contributed by atoms with van der Waals surface area (Å²) in [5.41, 5.74) is 7.90. The predicted octanol–water partition coefficient (Wildman–Crippen LogP) is 3.19. The fourth-order valence-electron chi connectivity index (χ4n) is 2.12. The summed E-state index contributed by atoms with van der Waals surface area (Å²) in [6, 6.07) is 17.9. The largest absolute Gasteiger partial charge is 0.330 e. The van der Waals surface area contributed by atoms with Crippen molar-refractivity contribution in [1.29, 1.82) is 0 Å². The van der Waals surface area contributed by atoms with Crippen LogP contribution in [-0.2, 0) is 10.8 Å². The highest BCUT2D eigenvalue weighted by Crippen LogP contribution is 2.28. The second-order valence-corrected chi connectivity index (χ2v) is 6.23. The molecule has 0 amide bonds. The summed E-state index contributed by atoms with van der Waals surface area (Å²) in [7, 11) is -1.06. The van der Waals surface area contributed by atoms with E-state index in [0.29, 0.717) is 6.54 Å². The summed E-state index contributed by atoms with van der Waals surface area (Å²) >= 11 is 0. The van der Waals surface area contributed by atoms with Crippen molar-refractivity contribution in [3.63, 3.8) is 0 Å². The van der Waals surface area contributed by atoms with E-state index in [0.717, 1.165) is 22.4 Å². The zero-order valence-corrected chi connectivity index (χ0v) is 11.9. The Balaban J connectivity index is 2.32. The molecule has 0 bridgehead atoms. The maximum Gasteiger partial charge on any atom is 0.0655 e. The van der Waals surface area contributed by atoms with Gasteiger partial charge in [0.1, 0.15) is 0 Å². The monoisotopic (exact) mass is 273 g/mol. The summed E-state index contributed by atoms with van der Waals surface area (Å²) in [5.74, 6) is 0. The van der Waals surface area contributed by atoms with Gasteiger partial charge in [0.25, 0.3) is 0 Å². The van der Waals surface area contributed by atoms with Gasteiger partial charge in [0.05, 0.1) is 16.0 Å². The van der Waals surface area contributed by atoms with Gasteiger partial charge in [0.2, 0.25) is 0 Å². The van der Waals surface area contributed by atoms with Gasteiger partial charge in [0.15, 0.2) is 0 Å². The van der Waals surface area contributed by atoms with Crippen molar-refractivity contribution in [2.45, 2.75) is 23.5 Å². The first-order valence-corrected chi connectivity index (χ1v) is 7.66. The van der Waals surface area contributed by atoms with Crippen molar-refractivity contribution in [1.82, 2.24) is 0 Å². The summed E-state index contributed by atoms with van der Waals surface area (Å²) < 4.78 is 12.7. The lowest BCUT2D eigenvalue weighted by Gasteiger charge is -2.16. The molecule has 0 spiro atoms. The van der Waals surface area contributed by atoms with E-state index < -0.39 is 10.8 Å². The molecule has 0 saturated heterocycles. The quantitative estimate of drug-likeness (QED) is 0.909. The van der Waals surface area contributed by atoms with Crippen LogP contribution < -0.4 is 5.73 Å². The van der Waals surface area contributed by atoms with Crippen LogP contribution in [0.15, 0.2) is 59.5 Å². The Hall–Kier alpha value is -1.45. The highest BCUT2D eigenvalue weighted by molar-refractivity contribution is 7.85. The number of benzene rings is 2. The van der Waals surface area contributed by atoms with Crippen LogP contribution >= 0.6 is 0 Å². The Labute approximate surface area is 117 Å². The minimum absolute atomic E-state index is 0.0343. The van der Waals surface area contributed by atoms with E-state index >= 15 is 0 Å². The van der Waals surface area contributed by atoms with Crippen LogP contribution in [0.1, 0.15) is 22.8 Å². The third-order valence-corrected chi connectivity index (χ3v) is 4.82. The Bertz CT molecular complexity index is 554. The standard InChI is InChI=1S/C16H19NOS/c1-13-6-5-9-15(12-13)19(18)16(10-11-17)14-7-3-2-4-8-14/h2-9,12,16H,10-11,17H2,1H3. The molecule has 2 aromatic carbocycles. The van der Waals surface area contributed by atoms with Crippen LogP contribution in [0.25, 0.3) is 0 Å². The molecule has 2 unspecified atom stereocenters. The number of rotatable bonds is 5. The molecule has 0 saturated carbocycles. The summed E-state index contributed by atoms with van der Waals surface area (Å²) in [6.45, 7) is 2.55. The molecule has 0 fully saturated rings. The van der Waals surface area contributed by atoms with E-state index in [2.05, 4.69) is 0 Å². The Morgan fingerprint density at radius 3 is 2.47 bits per heavy atom. The number of nitrogens with two attached hydrogens (primary N) is 1. The zero-order chi connectivity index (χ0) is 13.7. The summed E-state index contributed by atoms with van der Waals surface area (Å²) in [4.78, 5) is 0.877. The lowest BCUT2D eigenvalue weighted by Crippen LogP contribution is -2.12. The fourth-order valence-corrected chi connectivity index (χ4v) is 3.72. The first-order valence-electron chi connectivity index (χ1n) is 6.44. The third-order valence-electron chi connectivity index (χ3n) is 3.08. The van der Waals surface area contributed by atoms with Gasteiger partial charge in [-0.3, -0.25) is 4.21 Å². The number of hydrogen-bond donors (Lipinski definition) is 1. The van der Waals surface area contributed by atoms with Crippen molar-refractivity contribution in [2.75, 3.05) is 6.54 Å². The molecule has 0 aromatic heterocycles. The van der Waals surface area contributed by atoms with Crippen molar-refractivity contribution in [2.24, 2.45) is 5.73 Å². The summed E-state index contributed by atoms with van der Waals surface area (Å²) in [5, 5.41) is -0.0343. The van der Waals surface area contributed by atoms with Crippen LogP contribution in [0.2, 0.25) is 0 Å². The van der Waals surface area contributed by atoms with Crippen LogP contribution in [0, 0.1) is 6.92 Å². The third kappa shape index (κ3) is 3.52. The second kappa shape index (κ2) is 6.64. The molecule has 2 rings (SSSR count). The molecular formula is C16H19NOS. The first-order chi connectivity index (χ1) is 9.22. The maximum absolute atomic E-state index is 12.7. The molecule has 3 heteroatoms. The Morgan fingerprint density at radius 2 is 1.84 bits per heavy atom. The van der Waals surface area contributed by atoms with Gasteiger partial charge in [0, 0.05) is 4.90 Å². The van der Waals surface area contributed by atoms with Crippen molar-refractivity contribution >= 4 is 10.8 Å². The molecule has 2 N–H and O–H groups in total. The van der Waals surface area contributed by atoms with E-state index in [1.807, 2.05) is 61.5 Å². The second-order valence-electron chi connectivity index (χ2n) is 4.59. The lowest BCUT2D eigenvalue weighted by molar-refractivity contribution is 0.664. The van der Waals surface area contributed by atoms with Gasteiger partial charge in [-0.2, -0.15) is 0 Å². The Kier molecular flexibility index (Phi) is 4.88. The van der Waals surface area contributed by atoms with Gasteiger partial charge in [-0.25, -0.2) is 0 Å². The molecule has 0 aliphatic carbocycles. The Morgan fingerprint density at radius 1 is 1.11 bits per heavy atom. The lowest BCUT2D eigenvalue weighted by atomic mass is 10.1. The maximum atomic E-state index is 12.7. The van der Waals surface area contributed by atoms with Crippen molar-refractivity contribution in [3.05, 3.63) is 65.7 Å². The number of hydrogen-bond acceptors (Lipinski definition) is 2. The molecular weight excluding hydrogens is 254 g/mol. The topological polar surface area (TPSA) is 43.1 Å². The molecule has 0 aliphatic rings. The van der Waals surface area contributed by atoms with Gasteiger partial charge in [-0.05, 0) is 43.1 Å². The SMILES string of the molecule is Cc1cccc(S(=O)C(CCN)c2ccccc2)c1. The molecule has 19 heavy (non-hydrogen) atoms. The minimum atomic E-state index is -1.06. The number of aryl methyl sites for hydroxylation is 1. The van der Waals surface area contributed by atoms with Crippen LogP contribution in [-0.4, -0.2) is 10.8 Å².